The van der Waals surface area contributed by atoms with Crippen molar-refractivity contribution in [3.63, 3.8) is 0 Å². The molecule has 2 aliphatic rings. The van der Waals surface area contributed by atoms with Crippen molar-refractivity contribution < 1.29 is 9.18 Å². The van der Waals surface area contributed by atoms with Gasteiger partial charge >= 0.3 is 0 Å². The lowest BCUT2D eigenvalue weighted by Gasteiger charge is -2.38. The summed E-state index contributed by atoms with van der Waals surface area (Å²) in [6.07, 6.45) is 3.50. The van der Waals surface area contributed by atoms with Gasteiger partial charge in [0, 0.05) is 29.6 Å². The molecule has 0 atom stereocenters. The Balaban J connectivity index is 1.65. The number of nitrogens with zero attached hydrogens (tertiary/aromatic N) is 2. The van der Waals surface area contributed by atoms with E-state index in [0.29, 0.717) is 24.5 Å². The molecule has 1 amide bonds. The van der Waals surface area contributed by atoms with Gasteiger partial charge in [-0.25, -0.2) is 9.37 Å². The largest absolute Gasteiger partial charge is 0.368 e. The molecule has 6 heteroatoms. The van der Waals surface area contributed by atoms with E-state index < -0.39 is 6.67 Å². The van der Waals surface area contributed by atoms with Crippen LogP contribution in [0, 0.1) is 0 Å². The van der Waals surface area contributed by atoms with Crippen molar-refractivity contribution >= 4 is 17.4 Å². The van der Waals surface area contributed by atoms with Crippen LogP contribution in [0.25, 0.3) is 22.4 Å². The molecule has 0 saturated heterocycles. The van der Waals surface area contributed by atoms with Gasteiger partial charge in [-0.1, -0.05) is 54.6 Å². The van der Waals surface area contributed by atoms with Gasteiger partial charge in [-0.05, 0) is 36.5 Å². The predicted molar refractivity (Wildman–Crippen MR) is 126 cm³/mol. The molecule has 1 aliphatic heterocycles. The number of aromatic nitrogens is 1. The van der Waals surface area contributed by atoms with E-state index in [2.05, 4.69) is 29.6 Å². The van der Waals surface area contributed by atoms with Crippen LogP contribution in [0.15, 0.2) is 60.7 Å². The summed E-state index contributed by atoms with van der Waals surface area (Å²) in [4.78, 5) is 19.1. The van der Waals surface area contributed by atoms with Crippen molar-refractivity contribution in [3.8, 4) is 22.4 Å². The number of pyridine rings is 1. The number of halogens is 1. The van der Waals surface area contributed by atoms with E-state index in [1.54, 1.807) is 0 Å². The van der Waals surface area contributed by atoms with Crippen LogP contribution in [0.3, 0.4) is 0 Å². The number of nitrogens with one attached hydrogen (secondary N) is 1. The predicted octanol–water partition coefficient (Wildman–Crippen LogP) is 4.87. The fraction of sp³-hybridized carbons (Fsp3) is 0.308. The summed E-state index contributed by atoms with van der Waals surface area (Å²) in [5.74, 6) is 0.512. The van der Waals surface area contributed by atoms with Gasteiger partial charge in [0.25, 0.3) is 0 Å². The highest BCUT2D eigenvalue weighted by Gasteiger charge is 2.34. The summed E-state index contributed by atoms with van der Waals surface area (Å²) >= 11 is 0. The molecule has 3 N–H and O–H groups in total. The monoisotopic (exact) mass is 430 g/mol. The minimum absolute atomic E-state index is 0.0239. The zero-order valence-corrected chi connectivity index (χ0v) is 18.0. The molecule has 0 unspecified atom stereocenters. The molecule has 2 heterocycles. The highest BCUT2D eigenvalue weighted by Crippen LogP contribution is 2.41. The number of rotatable bonds is 5. The quantitative estimate of drug-likeness (QED) is 0.606. The third kappa shape index (κ3) is 3.65. The van der Waals surface area contributed by atoms with Crippen molar-refractivity contribution in [3.05, 3.63) is 66.2 Å². The van der Waals surface area contributed by atoms with Crippen LogP contribution in [-0.2, 0) is 10.3 Å². The number of amides is 1. The van der Waals surface area contributed by atoms with Gasteiger partial charge in [0.1, 0.15) is 6.67 Å². The smallest absolute Gasteiger partial charge is 0.228 e. The molecular weight excluding hydrogens is 403 g/mol. The molecule has 32 heavy (non-hydrogen) atoms. The first-order chi connectivity index (χ1) is 15.6. The van der Waals surface area contributed by atoms with Crippen LogP contribution in [0.1, 0.15) is 31.2 Å². The van der Waals surface area contributed by atoms with E-state index in [1.165, 1.54) is 11.3 Å². The van der Waals surface area contributed by atoms with Gasteiger partial charge in [-0.3, -0.25) is 4.79 Å². The summed E-state index contributed by atoms with van der Waals surface area (Å²) in [5, 5.41) is 3.27. The number of benzene rings is 2. The van der Waals surface area contributed by atoms with Crippen molar-refractivity contribution in [2.45, 2.75) is 31.2 Å². The first-order valence-corrected chi connectivity index (χ1v) is 11.2. The number of anilines is 2. The van der Waals surface area contributed by atoms with E-state index >= 15 is 0 Å². The molecule has 0 bridgehead atoms. The molecular formula is C26H27FN4O. The SMILES string of the molecule is NC1(c2ccc(-c3nc4c(cc3-c3ccccc3)N(CCF)C(=O)CCN4)cc2)CCC1. The zero-order valence-electron chi connectivity index (χ0n) is 18.0. The van der Waals surface area contributed by atoms with Crippen molar-refractivity contribution in [1.82, 2.24) is 4.98 Å². The van der Waals surface area contributed by atoms with E-state index in [0.717, 1.165) is 40.8 Å². The lowest BCUT2D eigenvalue weighted by Crippen LogP contribution is -2.43. The summed E-state index contributed by atoms with van der Waals surface area (Å²) < 4.78 is 13.3. The number of hydrogen-bond donors (Lipinski definition) is 2. The highest BCUT2D eigenvalue weighted by molar-refractivity contribution is 6.00. The number of fused-ring (bicyclic) bond motifs is 1. The van der Waals surface area contributed by atoms with Gasteiger partial charge in [-0.15, -0.1) is 0 Å². The Hall–Kier alpha value is -3.25. The number of alkyl halides is 1. The maximum absolute atomic E-state index is 13.3. The standard InChI is InChI=1S/C26H27FN4O/c27-14-16-31-22-17-21(18-5-2-1-3-6-18)24(30-25(22)29-15-11-23(31)32)19-7-9-20(10-8-19)26(28)12-4-13-26/h1-3,5-10,17H,4,11-16,28H2,(H,29,30). The lowest BCUT2D eigenvalue weighted by molar-refractivity contribution is -0.118. The number of carbonyl (C=O) groups is 1. The number of nitrogens with two attached hydrogens (primary N) is 1. The van der Waals surface area contributed by atoms with Crippen LogP contribution in [0.4, 0.5) is 15.9 Å². The average molecular weight is 431 g/mol. The molecule has 5 rings (SSSR count). The Morgan fingerprint density at radius 1 is 1.06 bits per heavy atom. The third-order valence-electron chi connectivity index (χ3n) is 6.60. The molecule has 0 radical (unpaired) electrons. The molecule has 1 fully saturated rings. The average Bonchev–Trinajstić information content (AvgIpc) is 2.96. The zero-order chi connectivity index (χ0) is 22.1. The second-order valence-electron chi connectivity index (χ2n) is 8.62. The van der Waals surface area contributed by atoms with Gasteiger partial charge in [0.15, 0.2) is 5.82 Å². The molecule has 1 saturated carbocycles. The fourth-order valence-corrected chi connectivity index (χ4v) is 4.59. The molecule has 5 nitrogen and oxygen atoms in total. The Kier molecular flexibility index (Phi) is 5.39. The van der Waals surface area contributed by atoms with E-state index in [-0.39, 0.29) is 18.0 Å². The van der Waals surface area contributed by atoms with Crippen molar-refractivity contribution in [2.24, 2.45) is 5.73 Å². The van der Waals surface area contributed by atoms with Gasteiger partial charge in [-0.2, -0.15) is 0 Å². The number of hydrogen-bond acceptors (Lipinski definition) is 4. The third-order valence-corrected chi connectivity index (χ3v) is 6.60. The van der Waals surface area contributed by atoms with Crippen LogP contribution in [-0.4, -0.2) is 30.7 Å². The summed E-state index contributed by atoms with van der Waals surface area (Å²) in [6, 6.07) is 20.3. The second-order valence-corrected chi connectivity index (χ2v) is 8.62. The second kappa shape index (κ2) is 8.36. The van der Waals surface area contributed by atoms with E-state index in [4.69, 9.17) is 10.7 Å². The highest BCUT2D eigenvalue weighted by atomic mass is 19.1. The van der Waals surface area contributed by atoms with Crippen LogP contribution in [0.5, 0.6) is 0 Å². The lowest BCUT2D eigenvalue weighted by atomic mass is 9.72. The summed E-state index contributed by atoms with van der Waals surface area (Å²) in [7, 11) is 0. The molecule has 3 aromatic rings. The van der Waals surface area contributed by atoms with Gasteiger partial charge < -0.3 is 16.0 Å². The van der Waals surface area contributed by atoms with Gasteiger partial charge in [0.05, 0.1) is 17.9 Å². The Labute approximate surface area is 187 Å². The molecule has 1 aromatic heterocycles. The maximum atomic E-state index is 13.3. The summed E-state index contributed by atoms with van der Waals surface area (Å²) in [5.41, 5.74) is 11.8. The Morgan fingerprint density at radius 3 is 2.47 bits per heavy atom. The van der Waals surface area contributed by atoms with Crippen LogP contribution in [0.2, 0.25) is 0 Å². The minimum Gasteiger partial charge on any atom is -0.368 e. The van der Waals surface area contributed by atoms with Crippen LogP contribution >= 0.6 is 0 Å². The summed E-state index contributed by atoms with van der Waals surface area (Å²) in [6.45, 7) is -0.105. The first kappa shape index (κ1) is 20.6. The molecule has 164 valence electrons. The first-order valence-electron chi connectivity index (χ1n) is 11.2. The Morgan fingerprint density at radius 2 is 1.81 bits per heavy atom. The molecule has 1 aliphatic carbocycles. The fourth-order valence-electron chi connectivity index (χ4n) is 4.59. The van der Waals surface area contributed by atoms with E-state index in [1.807, 2.05) is 36.4 Å². The van der Waals surface area contributed by atoms with Gasteiger partial charge in [0.2, 0.25) is 5.91 Å². The van der Waals surface area contributed by atoms with E-state index in [9.17, 15) is 9.18 Å². The number of carbonyl (C=O) groups excluding carboxylic acids is 1. The van der Waals surface area contributed by atoms with Crippen molar-refractivity contribution in [2.75, 3.05) is 30.0 Å². The minimum atomic E-state index is -0.601. The van der Waals surface area contributed by atoms with Crippen LogP contribution < -0.4 is 16.0 Å². The molecule has 2 aromatic carbocycles. The normalized spacial score (nSPS) is 17.2. The molecule has 0 spiro atoms. The maximum Gasteiger partial charge on any atom is 0.228 e. The Bertz CT molecular complexity index is 1130. The topological polar surface area (TPSA) is 71.2 Å². The van der Waals surface area contributed by atoms with Crippen molar-refractivity contribution in [1.29, 1.82) is 0 Å².